The number of benzene rings is 2. The molecule has 3 amide bonds. The molecule has 3 aromatic rings. The van der Waals surface area contributed by atoms with E-state index in [2.05, 4.69) is 31.2 Å². The average Bonchev–Trinajstić information content (AvgIpc) is 3.51. The van der Waals surface area contributed by atoms with E-state index in [1.165, 1.54) is 13.4 Å². The first-order valence-electron chi connectivity index (χ1n) is 13.9. The van der Waals surface area contributed by atoms with Gasteiger partial charge in [0.25, 0.3) is 11.8 Å². The number of ether oxygens (including phenoxy) is 1. The Balaban J connectivity index is 1.88. The van der Waals surface area contributed by atoms with Crippen molar-refractivity contribution < 1.29 is 19.1 Å². The van der Waals surface area contributed by atoms with Gasteiger partial charge in [0.05, 0.1) is 41.1 Å². The molecule has 1 aromatic heterocycles. The molecule has 2 heterocycles. The van der Waals surface area contributed by atoms with Gasteiger partial charge in [0.1, 0.15) is 23.9 Å². The molecule has 42 heavy (non-hydrogen) atoms. The van der Waals surface area contributed by atoms with Crippen molar-refractivity contribution in [1.82, 2.24) is 25.9 Å². The van der Waals surface area contributed by atoms with E-state index in [1.54, 1.807) is 32.2 Å². The van der Waals surface area contributed by atoms with Gasteiger partial charge in [-0.15, -0.1) is 0 Å². The van der Waals surface area contributed by atoms with E-state index in [4.69, 9.17) is 16.3 Å². The fourth-order valence-corrected chi connectivity index (χ4v) is 4.96. The standard InChI is InChI=1S/C30H38ClN7O4/c1-17(32-5)27(39)37-25(30(2,3)4)29(41)38(28(40)21-12-9-13-33-21)23-14-18-22(15-24(23)42-6)34-16-35-26(18)36-20-11-8-7-10-19(20)31/h7-8,10-11,14-17,21,25,32-33H,9,12-13H2,1-6H3,(H,37,39)(H,34,35,36)/t17-,21-,25+/m0/s1. The lowest BCUT2D eigenvalue weighted by Gasteiger charge is -2.36. The molecule has 0 saturated carbocycles. The van der Waals surface area contributed by atoms with E-state index in [0.717, 1.165) is 11.3 Å². The normalized spacial score (nSPS) is 16.5. The van der Waals surface area contributed by atoms with Crippen LogP contribution in [-0.2, 0) is 14.4 Å². The number of amides is 3. The van der Waals surface area contributed by atoms with Crippen LogP contribution in [0.4, 0.5) is 17.2 Å². The highest BCUT2D eigenvalue weighted by molar-refractivity contribution is 6.33. The second-order valence-corrected chi connectivity index (χ2v) is 11.8. The number of hydrogen-bond donors (Lipinski definition) is 4. The van der Waals surface area contributed by atoms with Gasteiger partial charge in [-0.1, -0.05) is 44.5 Å². The summed E-state index contributed by atoms with van der Waals surface area (Å²) >= 11 is 6.39. The fraction of sp³-hybridized carbons (Fsp3) is 0.433. The van der Waals surface area contributed by atoms with E-state index in [-0.39, 0.29) is 17.3 Å². The zero-order valence-corrected chi connectivity index (χ0v) is 25.5. The number of carbonyl (C=O) groups excluding carboxylic acids is 3. The third-order valence-electron chi connectivity index (χ3n) is 7.33. The van der Waals surface area contributed by atoms with Gasteiger partial charge in [-0.25, -0.2) is 14.9 Å². The fourth-order valence-electron chi connectivity index (χ4n) is 4.77. The van der Waals surface area contributed by atoms with Crippen LogP contribution in [0.5, 0.6) is 5.75 Å². The van der Waals surface area contributed by atoms with Crippen molar-refractivity contribution in [2.45, 2.75) is 58.7 Å². The van der Waals surface area contributed by atoms with Crippen molar-refractivity contribution in [1.29, 1.82) is 0 Å². The lowest BCUT2D eigenvalue weighted by Crippen LogP contribution is -2.60. The van der Waals surface area contributed by atoms with Gasteiger partial charge < -0.3 is 26.0 Å². The molecule has 0 bridgehead atoms. The smallest absolute Gasteiger partial charge is 0.257 e. The Labute approximate surface area is 250 Å². The van der Waals surface area contributed by atoms with Crippen molar-refractivity contribution in [2.75, 3.05) is 30.9 Å². The van der Waals surface area contributed by atoms with Gasteiger partial charge >= 0.3 is 0 Å². The molecule has 4 N–H and O–H groups in total. The van der Waals surface area contributed by atoms with Crippen molar-refractivity contribution >= 4 is 57.4 Å². The van der Waals surface area contributed by atoms with Crippen LogP contribution in [-0.4, -0.2) is 66.5 Å². The molecule has 11 nitrogen and oxygen atoms in total. The summed E-state index contributed by atoms with van der Waals surface area (Å²) in [5.41, 5.74) is 0.648. The van der Waals surface area contributed by atoms with Crippen LogP contribution in [0.15, 0.2) is 42.7 Å². The monoisotopic (exact) mass is 595 g/mol. The van der Waals surface area contributed by atoms with Crippen LogP contribution in [0.1, 0.15) is 40.5 Å². The zero-order chi connectivity index (χ0) is 30.6. The highest BCUT2D eigenvalue weighted by Gasteiger charge is 2.42. The Bertz CT molecular complexity index is 1470. The molecule has 4 rings (SSSR count). The van der Waals surface area contributed by atoms with E-state index in [9.17, 15) is 14.4 Å². The topological polar surface area (TPSA) is 138 Å². The maximum absolute atomic E-state index is 14.5. The molecule has 0 spiro atoms. The number of aromatic nitrogens is 2. The largest absolute Gasteiger partial charge is 0.494 e. The number of nitrogens with zero attached hydrogens (tertiary/aromatic N) is 3. The van der Waals surface area contributed by atoms with Crippen LogP contribution in [0.3, 0.4) is 0 Å². The molecule has 12 heteroatoms. The second-order valence-electron chi connectivity index (χ2n) is 11.3. The summed E-state index contributed by atoms with van der Waals surface area (Å²) in [5.74, 6) is -0.667. The number of nitrogens with one attached hydrogen (secondary N) is 4. The quantitative estimate of drug-likeness (QED) is 0.291. The third kappa shape index (κ3) is 6.64. The molecule has 3 atom stereocenters. The number of methoxy groups -OCH3 is 1. The van der Waals surface area contributed by atoms with Crippen LogP contribution in [0.2, 0.25) is 5.02 Å². The van der Waals surface area contributed by atoms with Gasteiger partial charge in [0.2, 0.25) is 5.91 Å². The van der Waals surface area contributed by atoms with E-state index in [0.29, 0.717) is 40.4 Å². The SMILES string of the molecule is CN[C@@H](C)C(=O)N[C@H](C(=O)N(C(=O)[C@@H]1CCCN1)c1cc2c(Nc3ccccc3Cl)ncnc2cc1OC)C(C)(C)C. The molecule has 0 unspecified atom stereocenters. The Morgan fingerprint density at radius 3 is 2.52 bits per heavy atom. The third-order valence-corrected chi connectivity index (χ3v) is 7.66. The summed E-state index contributed by atoms with van der Waals surface area (Å²) in [6.07, 6.45) is 2.78. The summed E-state index contributed by atoms with van der Waals surface area (Å²) in [4.78, 5) is 51.5. The predicted molar refractivity (Wildman–Crippen MR) is 164 cm³/mol. The number of imide groups is 1. The lowest BCUT2D eigenvalue weighted by atomic mass is 9.85. The van der Waals surface area contributed by atoms with Crippen LogP contribution >= 0.6 is 11.6 Å². The first-order valence-corrected chi connectivity index (χ1v) is 14.3. The van der Waals surface area contributed by atoms with E-state index >= 15 is 0 Å². The number of rotatable bonds is 9. The van der Waals surface area contributed by atoms with E-state index < -0.39 is 35.4 Å². The minimum absolute atomic E-state index is 0.218. The highest BCUT2D eigenvalue weighted by Crippen LogP contribution is 2.38. The minimum atomic E-state index is -1.03. The number of anilines is 3. The number of hydrogen-bond acceptors (Lipinski definition) is 9. The molecule has 1 aliphatic heterocycles. The van der Waals surface area contributed by atoms with Crippen molar-refractivity contribution in [3.8, 4) is 5.75 Å². The number of carbonyl (C=O) groups is 3. The molecular formula is C30H38ClN7O4. The maximum atomic E-state index is 14.5. The number of halogens is 1. The summed E-state index contributed by atoms with van der Waals surface area (Å²) in [7, 11) is 3.13. The van der Waals surface area contributed by atoms with Gasteiger partial charge in [-0.05, 0) is 57.0 Å². The van der Waals surface area contributed by atoms with Gasteiger partial charge in [-0.2, -0.15) is 0 Å². The molecule has 2 aromatic carbocycles. The molecular weight excluding hydrogens is 558 g/mol. The lowest BCUT2D eigenvalue weighted by molar-refractivity contribution is -0.134. The van der Waals surface area contributed by atoms with Crippen LogP contribution in [0, 0.1) is 5.41 Å². The minimum Gasteiger partial charge on any atom is -0.494 e. The average molecular weight is 596 g/mol. The molecule has 1 aliphatic rings. The molecule has 1 fully saturated rings. The Hall–Kier alpha value is -3.80. The summed E-state index contributed by atoms with van der Waals surface area (Å²) in [6, 6.07) is 8.41. The second kappa shape index (κ2) is 13.0. The van der Waals surface area contributed by atoms with E-state index in [1.807, 2.05) is 39.0 Å². The molecule has 0 aliphatic carbocycles. The predicted octanol–water partition coefficient (Wildman–Crippen LogP) is 3.79. The summed E-state index contributed by atoms with van der Waals surface area (Å²) < 4.78 is 5.71. The number of fused-ring (bicyclic) bond motifs is 1. The molecule has 224 valence electrons. The van der Waals surface area contributed by atoms with Crippen LogP contribution < -0.4 is 30.9 Å². The van der Waals surface area contributed by atoms with Gasteiger partial charge in [0, 0.05) is 11.5 Å². The number of likely N-dealkylation sites (N-methyl/N-ethyl adjacent to an activating group) is 1. The molecule has 1 saturated heterocycles. The van der Waals surface area contributed by atoms with Gasteiger partial charge in [0.15, 0.2) is 0 Å². The van der Waals surface area contributed by atoms with Crippen molar-refractivity contribution in [2.24, 2.45) is 5.41 Å². The maximum Gasteiger partial charge on any atom is 0.257 e. The van der Waals surface area contributed by atoms with Crippen molar-refractivity contribution in [3.05, 3.63) is 47.7 Å². The van der Waals surface area contributed by atoms with Gasteiger partial charge in [-0.3, -0.25) is 14.4 Å². The Morgan fingerprint density at radius 2 is 1.90 bits per heavy atom. The highest BCUT2D eigenvalue weighted by atomic mass is 35.5. The zero-order valence-electron chi connectivity index (χ0n) is 24.7. The van der Waals surface area contributed by atoms with Crippen LogP contribution in [0.25, 0.3) is 10.9 Å². The number of para-hydroxylation sites is 1. The Kier molecular flexibility index (Phi) is 9.65. The summed E-state index contributed by atoms with van der Waals surface area (Å²) in [5, 5.41) is 13.2. The summed E-state index contributed by atoms with van der Waals surface area (Å²) in [6.45, 7) is 7.88. The Morgan fingerprint density at radius 1 is 1.17 bits per heavy atom. The molecule has 0 radical (unpaired) electrons. The first kappa shape index (κ1) is 31.1. The first-order chi connectivity index (χ1) is 20.0. The van der Waals surface area contributed by atoms with Crippen molar-refractivity contribution in [3.63, 3.8) is 0 Å².